The predicted molar refractivity (Wildman–Crippen MR) is 55.7 cm³/mol. The topological polar surface area (TPSA) is 102 Å². The Hall–Kier alpha value is -1.79. The fraction of sp³-hybridized carbons (Fsp3) is 0.111. The number of hydrogen-bond acceptors (Lipinski definition) is 4. The lowest BCUT2D eigenvalue weighted by Crippen LogP contribution is -2.29. The van der Waals surface area contributed by atoms with Crippen molar-refractivity contribution in [1.29, 1.82) is 0 Å². The molecule has 0 aliphatic rings. The number of nitrogens with two attached hydrogens (primary N) is 1. The van der Waals surface area contributed by atoms with Crippen molar-refractivity contribution in [1.82, 2.24) is 5.48 Å². The summed E-state index contributed by atoms with van der Waals surface area (Å²) in [5, 5.41) is 9.64. The minimum Gasteiger partial charge on any atom is -0.507 e. The standard InChI is InChI=1S/C9H9ClN2O4/c10-5-1-2-7(13)6(3-5)9(15)12-16-4-8(11)14/h1-3,13H,4H2,(H2,11,14)(H,12,15). The normalized spacial score (nSPS) is 9.81. The van der Waals surface area contributed by atoms with Crippen LogP contribution in [0.1, 0.15) is 10.4 Å². The van der Waals surface area contributed by atoms with Crippen molar-refractivity contribution in [2.45, 2.75) is 0 Å². The Balaban J connectivity index is 2.65. The van der Waals surface area contributed by atoms with Gasteiger partial charge in [-0.05, 0) is 18.2 Å². The highest BCUT2D eigenvalue weighted by molar-refractivity contribution is 6.31. The first-order chi connectivity index (χ1) is 7.50. The van der Waals surface area contributed by atoms with Crippen LogP contribution >= 0.6 is 11.6 Å². The molecule has 1 rings (SSSR count). The van der Waals surface area contributed by atoms with Gasteiger partial charge in [-0.1, -0.05) is 11.6 Å². The Kier molecular flexibility index (Phi) is 4.10. The number of phenols is 1. The van der Waals surface area contributed by atoms with Crippen molar-refractivity contribution in [3.8, 4) is 5.75 Å². The van der Waals surface area contributed by atoms with Gasteiger partial charge in [0.25, 0.3) is 5.91 Å². The maximum Gasteiger partial charge on any atom is 0.278 e. The van der Waals surface area contributed by atoms with Gasteiger partial charge in [0.15, 0.2) is 6.61 Å². The molecular weight excluding hydrogens is 236 g/mol. The van der Waals surface area contributed by atoms with Gasteiger partial charge in [-0.15, -0.1) is 0 Å². The van der Waals surface area contributed by atoms with Crippen LogP contribution in [-0.4, -0.2) is 23.5 Å². The molecule has 16 heavy (non-hydrogen) atoms. The number of hydroxylamine groups is 1. The van der Waals surface area contributed by atoms with Gasteiger partial charge >= 0.3 is 0 Å². The van der Waals surface area contributed by atoms with Crippen LogP contribution in [0.4, 0.5) is 0 Å². The van der Waals surface area contributed by atoms with Gasteiger partial charge in [-0.3, -0.25) is 14.4 Å². The maximum absolute atomic E-state index is 11.4. The Bertz CT molecular complexity index is 422. The second-order valence-corrected chi connectivity index (χ2v) is 3.28. The minimum absolute atomic E-state index is 0.0584. The molecule has 0 spiro atoms. The number of nitrogens with one attached hydrogen (secondary N) is 1. The highest BCUT2D eigenvalue weighted by Crippen LogP contribution is 2.21. The molecule has 0 saturated heterocycles. The summed E-state index contributed by atoms with van der Waals surface area (Å²) in [4.78, 5) is 26.2. The molecule has 0 aliphatic heterocycles. The molecule has 1 aromatic carbocycles. The van der Waals surface area contributed by atoms with Gasteiger partial charge < -0.3 is 10.8 Å². The summed E-state index contributed by atoms with van der Waals surface area (Å²) in [5.74, 6) is -1.69. The van der Waals surface area contributed by atoms with E-state index >= 15 is 0 Å². The molecule has 86 valence electrons. The van der Waals surface area contributed by atoms with Gasteiger partial charge in [-0.25, -0.2) is 5.48 Å². The summed E-state index contributed by atoms with van der Waals surface area (Å²) >= 11 is 5.64. The first kappa shape index (κ1) is 12.3. The number of benzene rings is 1. The number of primary amides is 1. The van der Waals surface area contributed by atoms with Crippen LogP contribution in [0.2, 0.25) is 5.02 Å². The van der Waals surface area contributed by atoms with Crippen LogP contribution in [0.5, 0.6) is 5.75 Å². The molecule has 0 aromatic heterocycles. The fourth-order valence-electron chi connectivity index (χ4n) is 0.918. The molecule has 0 fully saturated rings. The third kappa shape index (κ3) is 3.41. The summed E-state index contributed by atoms with van der Waals surface area (Å²) in [6.07, 6.45) is 0. The predicted octanol–water partition coefficient (Wildman–Crippen LogP) is 0.192. The van der Waals surface area contributed by atoms with Crippen LogP contribution in [-0.2, 0) is 9.63 Å². The molecule has 0 atom stereocenters. The Morgan fingerprint density at radius 1 is 1.50 bits per heavy atom. The lowest BCUT2D eigenvalue weighted by Gasteiger charge is -2.06. The van der Waals surface area contributed by atoms with Crippen molar-refractivity contribution < 1.29 is 19.5 Å². The molecule has 2 amide bonds. The minimum atomic E-state index is -0.726. The molecule has 6 nitrogen and oxygen atoms in total. The van der Waals surface area contributed by atoms with E-state index in [0.29, 0.717) is 0 Å². The highest BCUT2D eigenvalue weighted by atomic mass is 35.5. The van der Waals surface area contributed by atoms with E-state index in [1.165, 1.54) is 18.2 Å². The second kappa shape index (κ2) is 5.34. The van der Waals surface area contributed by atoms with E-state index in [1.807, 2.05) is 5.48 Å². The van der Waals surface area contributed by atoms with E-state index in [2.05, 4.69) is 4.84 Å². The maximum atomic E-state index is 11.4. The molecular formula is C9H9ClN2O4. The average molecular weight is 245 g/mol. The number of halogens is 1. The highest BCUT2D eigenvalue weighted by Gasteiger charge is 2.11. The summed E-state index contributed by atoms with van der Waals surface area (Å²) in [6, 6.07) is 3.96. The zero-order valence-corrected chi connectivity index (χ0v) is 8.82. The quantitative estimate of drug-likeness (QED) is 0.658. The van der Waals surface area contributed by atoms with Crippen molar-refractivity contribution in [2.75, 3.05) is 6.61 Å². The van der Waals surface area contributed by atoms with Crippen molar-refractivity contribution >= 4 is 23.4 Å². The third-order valence-corrected chi connectivity index (χ3v) is 1.82. The lowest BCUT2D eigenvalue weighted by molar-refractivity contribution is -0.124. The zero-order valence-electron chi connectivity index (χ0n) is 8.07. The lowest BCUT2D eigenvalue weighted by atomic mass is 10.2. The summed E-state index contributed by atoms with van der Waals surface area (Å²) in [6.45, 7) is -0.451. The van der Waals surface area contributed by atoms with E-state index in [0.717, 1.165) is 0 Å². The number of aromatic hydroxyl groups is 1. The van der Waals surface area contributed by atoms with Gasteiger partial charge in [0.1, 0.15) is 5.75 Å². The van der Waals surface area contributed by atoms with Crippen LogP contribution in [0.3, 0.4) is 0 Å². The number of phenolic OH excluding ortho intramolecular Hbond substituents is 1. The molecule has 0 aliphatic carbocycles. The molecule has 0 radical (unpaired) electrons. The van der Waals surface area contributed by atoms with Gasteiger partial charge in [0, 0.05) is 5.02 Å². The zero-order chi connectivity index (χ0) is 12.1. The van der Waals surface area contributed by atoms with Crippen molar-refractivity contribution in [2.24, 2.45) is 5.73 Å². The van der Waals surface area contributed by atoms with Crippen LogP contribution in [0, 0.1) is 0 Å². The summed E-state index contributed by atoms with van der Waals surface area (Å²) in [7, 11) is 0. The van der Waals surface area contributed by atoms with Crippen LogP contribution in [0.25, 0.3) is 0 Å². The SMILES string of the molecule is NC(=O)CONC(=O)c1cc(Cl)ccc1O. The van der Waals surface area contributed by atoms with Crippen LogP contribution < -0.4 is 11.2 Å². The number of rotatable bonds is 4. The first-order valence-corrected chi connectivity index (χ1v) is 4.57. The van der Waals surface area contributed by atoms with Gasteiger partial charge in [0.05, 0.1) is 5.56 Å². The van der Waals surface area contributed by atoms with Crippen molar-refractivity contribution in [3.05, 3.63) is 28.8 Å². The number of hydrogen-bond donors (Lipinski definition) is 3. The smallest absolute Gasteiger partial charge is 0.278 e. The van der Waals surface area contributed by atoms with Crippen LogP contribution in [0.15, 0.2) is 18.2 Å². The van der Waals surface area contributed by atoms with E-state index in [1.54, 1.807) is 0 Å². The molecule has 1 aromatic rings. The first-order valence-electron chi connectivity index (χ1n) is 4.19. The molecule has 7 heteroatoms. The third-order valence-electron chi connectivity index (χ3n) is 1.58. The summed E-state index contributed by atoms with van der Waals surface area (Å²) in [5.41, 5.74) is 6.67. The Morgan fingerprint density at radius 3 is 2.81 bits per heavy atom. The van der Waals surface area contributed by atoms with E-state index in [9.17, 15) is 14.7 Å². The monoisotopic (exact) mass is 244 g/mol. The van der Waals surface area contributed by atoms with E-state index in [4.69, 9.17) is 17.3 Å². The Labute approximate surface area is 95.9 Å². The number of amides is 2. The van der Waals surface area contributed by atoms with E-state index < -0.39 is 18.4 Å². The number of carbonyl (C=O) groups excluding carboxylic acids is 2. The molecule has 4 N–H and O–H groups in total. The second-order valence-electron chi connectivity index (χ2n) is 2.85. The molecule has 0 saturated carbocycles. The number of carbonyl (C=O) groups is 2. The summed E-state index contributed by atoms with van der Waals surface area (Å²) < 4.78 is 0. The van der Waals surface area contributed by atoms with Crippen molar-refractivity contribution in [3.63, 3.8) is 0 Å². The Morgan fingerprint density at radius 2 is 2.19 bits per heavy atom. The van der Waals surface area contributed by atoms with Gasteiger partial charge in [-0.2, -0.15) is 0 Å². The fourth-order valence-corrected chi connectivity index (χ4v) is 1.09. The molecule has 0 heterocycles. The largest absolute Gasteiger partial charge is 0.507 e. The molecule has 0 unspecified atom stereocenters. The van der Waals surface area contributed by atoms with Gasteiger partial charge in [0.2, 0.25) is 5.91 Å². The molecule has 0 bridgehead atoms. The van der Waals surface area contributed by atoms with E-state index in [-0.39, 0.29) is 16.3 Å². The average Bonchev–Trinajstić information content (AvgIpc) is 2.21.